The molecule has 146 valence electrons. The van der Waals surface area contributed by atoms with Gasteiger partial charge in [0.05, 0.1) is 12.2 Å². The molecule has 0 saturated carbocycles. The number of pyridine rings is 2. The Morgan fingerprint density at radius 1 is 1.28 bits per heavy atom. The van der Waals surface area contributed by atoms with E-state index < -0.39 is 12.1 Å². The molecule has 1 N–H and O–H groups in total. The summed E-state index contributed by atoms with van der Waals surface area (Å²) in [5.41, 5.74) is 0.608. The van der Waals surface area contributed by atoms with Crippen LogP contribution in [0.4, 0.5) is 5.82 Å². The van der Waals surface area contributed by atoms with Crippen molar-refractivity contribution in [3.05, 3.63) is 47.3 Å². The molecule has 2 amide bonds. The summed E-state index contributed by atoms with van der Waals surface area (Å²) in [6, 6.07) is 7.79. The molecule has 4 heterocycles. The lowest BCUT2D eigenvalue weighted by atomic mass is 10.2. The highest BCUT2D eigenvalue weighted by Gasteiger charge is 2.40. The van der Waals surface area contributed by atoms with Gasteiger partial charge in [-0.15, -0.1) is 6.42 Å². The quantitative estimate of drug-likeness (QED) is 0.483. The predicted octanol–water partition coefficient (Wildman–Crippen LogP) is 2.22. The van der Waals surface area contributed by atoms with E-state index >= 15 is 0 Å². The van der Waals surface area contributed by atoms with E-state index in [1.54, 1.807) is 36.7 Å². The van der Waals surface area contributed by atoms with Crippen molar-refractivity contribution >= 4 is 44.6 Å². The summed E-state index contributed by atoms with van der Waals surface area (Å²) < 4.78 is 2.13. The maximum Gasteiger partial charge on any atom is 0.248 e. The molecule has 8 nitrogen and oxygen atoms in total. The van der Waals surface area contributed by atoms with E-state index in [0.717, 1.165) is 5.39 Å². The average Bonchev–Trinajstić information content (AvgIpc) is 3.32. The van der Waals surface area contributed by atoms with Crippen LogP contribution in [0.3, 0.4) is 0 Å². The van der Waals surface area contributed by atoms with Gasteiger partial charge in [-0.1, -0.05) is 12.0 Å². The highest BCUT2D eigenvalue weighted by Crippen LogP contribution is 2.26. The van der Waals surface area contributed by atoms with Gasteiger partial charge in [0.25, 0.3) is 0 Å². The van der Waals surface area contributed by atoms with Crippen LogP contribution < -0.4 is 5.32 Å². The summed E-state index contributed by atoms with van der Waals surface area (Å²) >= 11 is 3.28. The number of fused-ring (bicyclic) bond motifs is 1. The molecule has 9 heteroatoms. The minimum atomic E-state index is -0.667. The minimum absolute atomic E-state index is 0.0440. The maximum atomic E-state index is 13.1. The molecule has 0 unspecified atom stereocenters. The minimum Gasteiger partial charge on any atom is -0.315 e. The van der Waals surface area contributed by atoms with Crippen LogP contribution in [0, 0.1) is 12.3 Å². The Morgan fingerprint density at radius 3 is 2.93 bits per heavy atom. The third-order valence-electron chi connectivity index (χ3n) is 4.82. The van der Waals surface area contributed by atoms with Crippen molar-refractivity contribution in [3.63, 3.8) is 0 Å². The number of likely N-dealkylation sites (tertiary alicyclic amines) is 1. The Balaban J connectivity index is 1.54. The second kappa shape index (κ2) is 8.01. The molecule has 1 aliphatic rings. The molecule has 3 aromatic heterocycles. The topological polar surface area (TPSA) is 93.0 Å². The average molecular weight is 453 g/mol. The van der Waals surface area contributed by atoms with Crippen LogP contribution in [-0.4, -0.2) is 48.5 Å². The standard InChI is InChI=1S/C20H17BrN6O2/c1-2-14-8-9-15(20(29)25-17-7-3-6-16(21)24-17)27(14)18(28)12-26-19-13(11-23-26)5-4-10-22-19/h1,3-7,10-11,14-15H,8-9,12H2,(H,24,25,29)/t14-,15+/m1/s1. The van der Waals surface area contributed by atoms with Crippen LogP contribution in [0.25, 0.3) is 11.0 Å². The van der Waals surface area contributed by atoms with E-state index in [2.05, 4.69) is 42.2 Å². The van der Waals surface area contributed by atoms with Gasteiger partial charge in [-0.25, -0.2) is 14.6 Å². The van der Waals surface area contributed by atoms with Gasteiger partial charge in [-0.2, -0.15) is 5.10 Å². The van der Waals surface area contributed by atoms with Crippen molar-refractivity contribution in [3.8, 4) is 12.3 Å². The van der Waals surface area contributed by atoms with Gasteiger partial charge in [0.1, 0.15) is 23.0 Å². The SMILES string of the molecule is C#C[C@@H]1CC[C@@H](C(=O)Nc2cccc(Br)n2)N1C(=O)Cn1ncc2cccnc21. The first-order valence-corrected chi connectivity index (χ1v) is 9.83. The zero-order valence-corrected chi connectivity index (χ0v) is 16.9. The highest BCUT2D eigenvalue weighted by atomic mass is 79.9. The number of halogens is 1. The number of hydrogen-bond acceptors (Lipinski definition) is 5. The molecule has 1 saturated heterocycles. The predicted molar refractivity (Wildman–Crippen MR) is 111 cm³/mol. The fourth-order valence-electron chi connectivity index (χ4n) is 3.51. The monoisotopic (exact) mass is 452 g/mol. The summed E-state index contributed by atoms with van der Waals surface area (Å²) in [6.45, 7) is -0.0440. The van der Waals surface area contributed by atoms with Crippen molar-refractivity contribution < 1.29 is 9.59 Å². The van der Waals surface area contributed by atoms with Crippen LogP contribution in [0.5, 0.6) is 0 Å². The molecule has 1 aliphatic heterocycles. The molecule has 0 radical (unpaired) electrons. The number of nitrogens with one attached hydrogen (secondary N) is 1. The Bertz CT molecular complexity index is 1120. The molecular formula is C20H17BrN6O2. The molecule has 2 atom stereocenters. The number of rotatable bonds is 4. The summed E-state index contributed by atoms with van der Waals surface area (Å²) in [6.07, 6.45) is 9.98. The van der Waals surface area contributed by atoms with Gasteiger partial charge in [0.15, 0.2) is 5.65 Å². The summed E-state index contributed by atoms with van der Waals surface area (Å²) in [5, 5.41) is 7.85. The van der Waals surface area contributed by atoms with Gasteiger partial charge < -0.3 is 10.2 Å². The van der Waals surface area contributed by atoms with Crippen molar-refractivity contribution in [2.45, 2.75) is 31.5 Å². The zero-order valence-electron chi connectivity index (χ0n) is 15.3. The number of aromatic nitrogens is 4. The van der Waals surface area contributed by atoms with Crippen LogP contribution >= 0.6 is 15.9 Å². The Labute approximate surface area is 175 Å². The molecule has 1 fully saturated rings. The molecule has 0 bridgehead atoms. The number of anilines is 1. The second-order valence-corrected chi connectivity index (χ2v) is 7.44. The third-order valence-corrected chi connectivity index (χ3v) is 5.26. The second-order valence-electron chi connectivity index (χ2n) is 6.63. The molecule has 0 aliphatic carbocycles. The van der Waals surface area contributed by atoms with Gasteiger partial charge in [-0.3, -0.25) is 9.59 Å². The lowest BCUT2D eigenvalue weighted by Crippen LogP contribution is -2.47. The van der Waals surface area contributed by atoms with Crippen LogP contribution in [-0.2, 0) is 16.1 Å². The van der Waals surface area contributed by atoms with E-state index in [1.165, 1.54) is 9.58 Å². The van der Waals surface area contributed by atoms with E-state index in [1.807, 2.05) is 6.07 Å². The largest absolute Gasteiger partial charge is 0.315 e. The van der Waals surface area contributed by atoms with Crippen molar-refractivity contribution in [1.29, 1.82) is 0 Å². The van der Waals surface area contributed by atoms with Gasteiger partial charge >= 0.3 is 0 Å². The van der Waals surface area contributed by atoms with E-state index in [-0.39, 0.29) is 18.4 Å². The fourth-order valence-corrected chi connectivity index (χ4v) is 3.85. The van der Waals surface area contributed by atoms with Gasteiger partial charge in [-0.05, 0) is 53.0 Å². The van der Waals surface area contributed by atoms with Gasteiger partial charge in [0.2, 0.25) is 11.8 Å². The smallest absolute Gasteiger partial charge is 0.248 e. The Kier molecular flexibility index (Phi) is 5.27. The van der Waals surface area contributed by atoms with Crippen LogP contribution in [0.1, 0.15) is 12.8 Å². The van der Waals surface area contributed by atoms with Crippen LogP contribution in [0.2, 0.25) is 0 Å². The molecular weight excluding hydrogens is 436 g/mol. The zero-order chi connectivity index (χ0) is 20.4. The number of carbonyl (C=O) groups excluding carboxylic acids is 2. The molecule has 4 rings (SSSR count). The third kappa shape index (κ3) is 3.84. The first-order chi connectivity index (χ1) is 14.1. The maximum absolute atomic E-state index is 13.1. The van der Waals surface area contributed by atoms with E-state index in [9.17, 15) is 9.59 Å². The van der Waals surface area contributed by atoms with Gasteiger partial charge in [0, 0.05) is 11.6 Å². The number of hydrogen-bond donors (Lipinski definition) is 1. The molecule has 0 spiro atoms. The fraction of sp³-hybridized carbons (Fsp3) is 0.250. The Morgan fingerprint density at radius 2 is 2.14 bits per heavy atom. The van der Waals surface area contributed by atoms with E-state index in [0.29, 0.717) is 28.9 Å². The first-order valence-electron chi connectivity index (χ1n) is 9.04. The number of carbonyl (C=O) groups is 2. The number of nitrogens with zero attached hydrogens (tertiary/aromatic N) is 5. The summed E-state index contributed by atoms with van der Waals surface area (Å²) in [7, 11) is 0. The molecule has 29 heavy (non-hydrogen) atoms. The van der Waals surface area contributed by atoms with E-state index in [4.69, 9.17) is 6.42 Å². The Hall–Kier alpha value is -3.25. The highest BCUT2D eigenvalue weighted by molar-refractivity contribution is 9.10. The van der Waals surface area contributed by atoms with Crippen LogP contribution in [0.15, 0.2) is 47.3 Å². The molecule has 0 aromatic carbocycles. The molecule has 3 aromatic rings. The normalized spacial score (nSPS) is 18.6. The summed E-state index contributed by atoms with van der Waals surface area (Å²) in [5.74, 6) is 2.44. The van der Waals surface area contributed by atoms with Crippen molar-refractivity contribution in [1.82, 2.24) is 24.6 Å². The van der Waals surface area contributed by atoms with Crippen molar-refractivity contribution in [2.24, 2.45) is 0 Å². The summed E-state index contributed by atoms with van der Waals surface area (Å²) in [4.78, 5) is 35.9. The lowest BCUT2D eigenvalue weighted by Gasteiger charge is -2.27. The number of amides is 2. The first kappa shape index (κ1) is 19.1. The lowest BCUT2D eigenvalue weighted by molar-refractivity contribution is -0.138. The number of terminal acetylenes is 1. The van der Waals surface area contributed by atoms with Crippen molar-refractivity contribution in [2.75, 3.05) is 5.32 Å².